The van der Waals surface area contributed by atoms with Crippen molar-refractivity contribution in [3.63, 3.8) is 0 Å². The zero-order valence-electron chi connectivity index (χ0n) is 32.7. The fourth-order valence-electron chi connectivity index (χ4n) is 8.36. The molecule has 1 N–H and O–H groups in total. The Labute approximate surface area is 348 Å². The first-order valence-electron chi connectivity index (χ1n) is 20.6. The fourth-order valence-corrected chi connectivity index (χ4v) is 8.56. The maximum absolute atomic E-state index is 6.01. The third kappa shape index (κ3) is 10.4. The van der Waals surface area contributed by atoms with E-state index in [2.05, 4.69) is 125 Å². The van der Waals surface area contributed by atoms with E-state index in [-0.39, 0.29) is 7.43 Å². The molecular formula is C47H57ClN8O2. The van der Waals surface area contributed by atoms with Gasteiger partial charge in [0.1, 0.15) is 23.6 Å². The molecule has 0 saturated carbocycles. The monoisotopic (exact) mass is 800 g/mol. The molecule has 0 bridgehead atoms. The summed E-state index contributed by atoms with van der Waals surface area (Å²) in [6.07, 6.45) is 8.30. The molecule has 0 unspecified atom stereocenters. The number of nitrogens with one attached hydrogen (secondary N) is 1. The van der Waals surface area contributed by atoms with E-state index in [4.69, 9.17) is 21.1 Å². The van der Waals surface area contributed by atoms with Crippen molar-refractivity contribution in [2.24, 2.45) is 0 Å². The average molecular weight is 801 g/mol. The Morgan fingerprint density at radius 1 is 0.569 bits per heavy atom. The molecule has 4 saturated heterocycles. The first-order chi connectivity index (χ1) is 28.2. The van der Waals surface area contributed by atoms with Crippen LogP contribution in [0.15, 0.2) is 110 Å². The van der Waals surface area contributed by atoms with Crippen LogP contribution in [0.5, 0.6) is 0 Å². The first-order valence-corrected chi connectivity index (χ1v) is 20.9. The summed E-state index contributed by atoms with van der Waals surface area (Å²) in [7, 11) is 0. The highest BCUT2D eigenvalue weighted by Crippen LogP contribution is 2.33. The molecule has 4 fully saturated rings. The number of nitrogens with zero attached hydrogens (tertiary/aromatic N) is 7. The topological polar surface area (TPSA) is 91.8 Å². The first kappa shape index (κ1) is 41.3. The van der Waals surface area contributed by atoms with Crippen molar-refractivity contribution in [3.05, 3.63) is 126 Å². The van der Waals surface area contributed by atoms with E-state index in [0.29, 0.717) is 11.1 Å². The normalized spacial score (nSPS) is 19.6. The van der Waals surface area contributed by atoms with Crippen molar-refractivity contribution in [2.45, 2.75) is 44.9 Å². The van der Waals surface area contributed by atoms with E-state index in [9.17, 15) is 0 Å². The number of piperidine rings is 2. The minimum absolute atomic E-state index is 0. The molecule has 0 aliphatic carbocycles. The van der Waals surface area contributed by atoms with Gasteiger partial charge in [-0.1, -0.05) is 79.7 Å². The van der Waals surface area contributed by atoms with E-state index in [1.807, 2.05) is 12.1 Å². The summed E-state index contributed by atoms with van der Waals surface area (Å²) < 4.78 is 10.8. The van der Waals surface area contributed by atoms with Gasteiger partial charge in [-0.2, -0.15) is 0 Å². The predicted octanol–water partition coefficient (Wildman–Crippen LogP) is 8.76. The SMILES string of the molecule is C.Clc1ncnc2cc(N3CCOCC3)ccc12.c1ccc([C@H]2CCCN(c3ncnc4cc(N5CCOCC5)ccc34)C2)cc1.c1ccc([C@H]2CCCNC2)cc1. The lowest BCUT2D eigenvalue weighted by Gasteiger charge is -2.34. The van der Waals surface area contributed by atoms with Gasteiger partial charge in [0, 0.05) is 73.9 Å². The van der Waals surface area contributed by atoms with Gasteiger partial charge in [0.2, 0.25) is 0 Å². The highest BCUT2D eigenvalue weighted by molar-refractivity contribution is 6.34. The molecule has 6 aromatic rings. The molecule has 4 aromatic carbocycles. The largest absolute Gasteiger partial charge is 0.378 e. The van der Waals surface area contributed by atoms with Crippen LogP contribution in [0, 0.1) is 0 Å². The number of hydrogen-bond acceptors (Lipinski definition) is 10. The molecule has 0 amide bonds. The lowest BCUT2D eigenvalue weighted by atomic mass is 9.90. The number of benzene rings is 4. The Morgan fingerprint density at radius 2 is 1.12 bits per heavy atom. The van der Waals surface area contributed by atoms with Gasteiger partial charge in [0.15, 0.2) is 0 Å². The summed E-state index contributed by atoms with van der Waals surface area (Å²) in [6, 6.07) is 34.4. The molecule has 4 aliphatic rings. The molecule has 2 aromatic heterocycles. The summed E-state index contributed by atoms with van der Waals surface area (Å²) in [5.74, 6) is 2.38. The smallest absolute Gasteiger partial charge is 0.140 e. The van der Waals surface area contributed by atoms with Crippen molar-refractivity contribution in [3.8, 4) is 0 Å². The van der Waals surface area contributed by atoms with Gasteiger partial charge in [-0.3, -0.25) is 0 Å². The lowest BCUT2D eigenvalue weighted by Crippen LogP contribution is -2.36. The molecule has 10 rings (SSSR count). The number of hydrogen-bond donors (Lipinski definition) is 1. The highest BCUT2D eigenvalue weighted by Gasteiger charge is 2.24. The minimum atomic E-state index is 0. The number of fused-ring (bicyclic) bond motifs is 2. The van der Waals surface area contributed by atoms with Crippen molar-refractivity contribution in [1.29, 1.82) is 0 Å². The molecule has 11 heteroatoms. The second-order valence-electron chi connectivity index (χ2n) is 15.1. The van der Waals surface area contributed by atoms with Gasteiger partial charge < -0.3 is 29.5 Å². The minimum Gasteiger partial charge on any atom is -0.378 e. The Morgan fingerprint density at radius 3 is 1.72 bits per heavy atom. The van der Waals surface area contributed by atoms with E-state index >= 15 is 0 Å². The van der Waals surface area contributed by atoms with Crippen LogP contribution in [0.3, 0.4) is 0 Å². The van der Waals surface area contributed by atoms with E-state index in [1.54, 1.807) is 6.33 Å². The standard InChI is InChI=1S/C23H26N4O.C12H12ClN3O.C11H15N.CH4/c1-2-5-18(6-3-1)19-7-4-10-27(16-19)23-21-9-8-20(15-22(21)24-17-25-23)26-11-13-28-14-12-26;13-12-10-2-1-9(7-11(10)14-8-15-12)16-3-5-17-6-4-16;1-2-5-10(6-3-1)11-7-4-8-12-9-11;/h1-3,5-6,8-9,15,17,19H,4,7,10-14,16H2;1-2,7-8H,3-6H2;1-3,5-6,11-12H,4,7-9H2;1H4/t19-;;11-;/m0.0./s1. The van der Waals surface area contributed by atoms with E-state index in [0.717, 1.165) is 111 Å². The average Bonchev–Trinajstić information content (AvgIpc) is 3.30. The zero-order chi connectivity index (χ0) is 38.7. The predicted molar refractivity (Wildman–Crippen MR) is 239 cm³/mol. The van der Waals surface area contributed by atoms with E-state index in [1.165, 1.54) is 55.4 Å². The van der Waals surface area contributed by atoms with Crippen LogP contribution in [-0.4, -0.2) is 98.7 Å². The second kappa shape index (κ2) is 20.7. The lowest BCUT2D eigenvalue weighted by molar-refractivity contribution is 0.122. The van der Waals surface area contributed by atoms with Crippen LogP contribution in [0.1, 0.15) is 56.1 Å². The summed E-state index contributed by atoms with van der Waals surface area (Å²) >= 11 is 6.01. The van der Waals surface area contributed by atoms with Gasteiger partial charge >= 0.3 is 0 Å². The van der Waals surface area contributed by atoms with Gasteiger partial charge in [-0.25, -0.2) is 19.9 Å². The van der Waals surface area contributed by atoms with Gasteiger partial charge in [-0.05, 0) is 85.7 Å². The number of rotatable bonds is 5. The van der Waals surface area contributed by atoms with Crippen molar-refractivity contribution in [2.75, 3.05) is 93.5 Å². The zero-order valence-corrected chi connectivity index (χ0v) is 33.4. The van der Waals surface area contributed by atoms with Crippen LogP contribution in [0.2, 0.25) is 5.15 Å². The molecule has 0 spiro atoms. The van der Waals surface area contributed by atoms with Crippen LogP contribution in [0.25, 0.3) is 21.8 Å². The van der Waals surface area contributed by atoms with Gasteiger partial charge in [0.05, 0.1) is 37.5 Å². The maximum Gasteiger partial charge on any atom is 0.140 e. The second-order valence-corrected chi connectivity index (χ2v) is 15.5. The molecular weight excluding hydrogens is 744 g/mol. The molecule has 2 atom stereocenters. The van der Waals surface area contributed by atoms with Crippen LogP contribution >= 0.6 is 11.6 Å². The number of halogens is 1. The summed E-state index contributed by atoms with van der Waals surface area (Å²) in [5.41, 5.74) is 7.21. The van der Waals surface area contributed by atoms with Crippen LogP contribution < -0.4 is 20.0 Å². The quantitative estimate of drug-likeness (QED) is 0.171. The third-order valence-electron chi connectivity index (χ3n) is 11.5. The van der Waals surface area contributed by atoms with Gasteiger partial charge in [0.25, 0.3) is 0 Å². The Balaban J connectivity index is 0.000000145. The Kier molecular flexibility index (Phi) is 14.7. The number of anilines is 3. The van der Waals surface area contributed by atoms with Crippen LogP contribution in [-0.2, 0) is 9.47 Å². The summed E-state index contributed by atoms with van der Waals surface area (Å²) in [5, 5.41) is 5.98. The number of ether oxygens (including phenoxy) is 2. The Hall–Kier alpha value is -4.87. The van der Waals surface area contributed by atoms with Crippen molar-refractivity contribution >= 4 is 50.6 Å². The molecule has 6 heterocycles. The number of morpholine rings is 2. The molecule has 304 valence electrons. The molecule has 58 heavy (non-hydrogen) atoms. The summed E-state index contributed by atoms with van der Waals surface area (Å²) in [4.78, 5) is 24.6. The number of aromatic nitrogens is 4. The third-order valence-corrected chi connectivity index (χ3v) is 11.8. The van der Waals surface area contributed by atoms with Crippen LogP contribution in [0.4, 0.5) is 17.2 Å². The molecule has 4 aliphatic heterocycles. The Bertz CT molecular complexity index is 2160. The van der Waals surface area contributed by atoms with E-state index < -0.39 is 0 Å². The maximum atomic E-state index is 6.01. The van der Waals surface area contributed by atoms with Crippen molar-refractivity contribution < 1.29 is 9.47 Å². The summed E-state index contributed by atoms with van der Waals surface area (Å²) in [6.45, 7) is 11.3. The van der Waals surface area contributed by atoms with Gasteiger partial charge in [-0.15, -0.1) is 0 Å². The molecule has 10 nitrogen and oxygen atoms in total. The fraction of sp³-hybridized carbons (Fsp3) is 0.404. The van der Waals surface area contributed by atoms with Crippen molar-refractivity contribution in [1.82, 2.24) is 25.3 Å². The molecule has 0 radical (unpaired) electrons. The highest BCUT2D eigenvalue weighted by atomic mass is 35.5.